The van der Waals surface area contributed by atoms with Crippen LogP contribution in [0.3, 0.4) is 0 Å². The van der Waals surface area contributed by atoms with Crippen molar-refractivity contribution >= 4 is 16.0 Å². The van der Waals surface area contributed by atoms with Gasteiger partial charge in [0, 0.05) is 12.1 Å². The molecule has 0 spiro atoms. The molecule has 0 aliphatic carbocycles. The Labute approximate surface area is 76.9 Å². The van der Waals surface area contributed by atoms with Crippen LogP contribution < -0.4 is 5.32 Å². The van der Waals surface area contributed by atoms with Crippen molar-refractivity contribution in [1.29, 1.82) is 0 Å². The van der Waals surface area contributed by atoms with Crippen LogP contribution >= 0.6 is 0 Å². The zero-order chi connectivity index (χ0) is 10.5. The second kappa shape index (κ2) is 4.78. The summed E-state index contributed by atoms with van der Waals surface area (Å²) < 4.78 is 28.5. The van der Waals surface area contributed by atoms with Gasteiger partial charge in [-0.2, -0.15) is 8.42 Å². The predicted molar refractivity (Wildman–Crippen MR) is 48.5 cm³/mol. The maximum atomic E-state index is 10.8. The molecule has 0 rings (SSSR count). The van der Waals surface area contributed by atoms with Crippen molar-refractivity contribution in [2.75, 3.05) is 6.54 Å². The van der Waals surface area contributed by atoms with Gasteiger partial charge in [-0.25, -0.2) is 0 Å². The second-order valence-electron chi connectivity index (χ2n) is 2.38. The molecule has 0 fully saturated rings. The van der Waals surface area contributed by atoms with Crippen molar-refractivity contribution in [3.05, 3.63) is 23.6 Å². The van der Waals surface area contributed by atoms with Crippen molar-refractivity contribution < 1.29 is 17.8 Å². The highest BCUT2D eigenvalue weighted by Gasteiger charge is 1.98. The maximum Gasteiger partial charge on any atom is 0.287 e. The van der Waals surface area contributed by atoms with Crippen molar-refractivity contribution in [3.63, 3.8) is 0 Å². The van der Waals surface area contributed by atoms with E-state index in [0.29, 0.717) is 11.0 Å². The van der Waals surface area contributed by atoms with E-state index in [1.807, 2.05) is 0 Å². The van der Waals surface area contributed by atoms with Gasteiger partial charge in [-0.1, -0.05) is 12.7 Å². The van der Waals surface area contributed by atoms with Crippen LogP contribution in [-0.2, 0) is 14.9 Å². The fourth-order valence-corrected chi connectivity index (χ4v) is 0.812. The van der Waals surface area contributed by atoms with E-state index in [4.69, 9.17) is 4.55 Å². The van der Waals surface area contributed by atoms with E-state index in [2.05, 4.69) is 11.9 Å². The number of carbonyl (C=O) groups is 1. The molecule has 0 aromatic heterocycles. The SMILES string of the molecule is C=C(C)C(=O)NCC=CS(=O)(=O)O. The molecular weight excluding hydrogens is 194 g/mol. The summed E-state index contributed by atoms with van der Waals surface area (Å²) in [5.41, 5.74) is 0.334. The van der Waals surface area contributed by atoms with Gasteiger partial charge in [0.1, 0.15) is 0 Å². The highest BCUT2D eigenvalue weighted by molar-refractivity contribution is 7.88. The lowest BCUT2D eigenvalue weighted by Gasteiger charge is -1.98. The largest absolute Gasteiger partial charge is 0.349 e. The smallest absolute Gasteiger partial charge is 0.287 e. The first kappa shape index (κ1) is 11.9. The average Bonchev–Trinajstić information content (AvgIpc) is 1.95. The van der Waals surface area contributed by atoms with Crippen molar-refractivity contribution in [2.45, 2.75) is 6.92 Å². The first-order valence-electron chi connectivity index (χ1n) is 3.40. The number of hydrogen-bond donors (Lipinski definition) is 2. The molecule has 0 radical (unpaired) electrons. The standard InChI is InChI=1S/C7H11NO4S/c1-6(2)7(9)8-4-3-5-13(10,11)12/h3,5H,1,4H2,2H3,(H,8,9)(H,10,11,12). The van der Waals surface area contributed by atoms with Gasteiger partial charge in [0.05, 0.1) is 5.41 Å². The summed E-state index contributed by atoms with van der Waals surface area (Å²) in [6, 6.07) is 0. The topological polar surface area (TPSA) is 83.5 Å². The van der Waals surface area contributed by atoms with E-state index in [0.717, 1.165) is 6.08 Å². The number of carbonyl (C=O) groups excluding carboxylic acids is 1. The Bertz CT molecular complexity index is 328. The van der Waals surface area contributed by atoms with E-state index >= 15 is 0 Å². The fourth-order valence-electron chi connectivity index (χ4n) is 0.472. The quantitative estimate of drug-likeness (QED) is 0.503. The van der Waals surface area contributed by atoms with Gasteiger partial charge >= 0.3 is 0 Å². The number of rotatable bonds is 4. The van der Waals surface area contributed by atoms with E-state index in [1.165, 1.54) is 6.92 Å². The zero-order valence-electron chi connectivity index (χ0n) is 7.15. The van der Waals surface area contributed by atoms with Crippen LogP contribution in [0.4, 0.5) is 0 Å². The molecule has 0 aliphatic heterocycles. The molecular formula is C7H11NO4S. The second-order valence-corrected chi connectivity index (χ2v) is 3.68. The minimum Gasteiger partial charge on any atom is -0.349 e. The van der Waals surface area contributed by atoms with Crippen LogP contribution in [0.5, 0.6) is 0 Å². The Hall–Kier alpha value is -1.14. The summed E-state index contributed by atoms with van der Waals surface area (Å²) in [5, 5.41) is 2.96. The molecule has 13 heavy (non-hydrogen) atoms. The molecule has 0 aromatic rings. The van der Waals surface area contributed by atoms with Crippen molar-refractivity contribution in [1.82, 2.24) is 5.32 Å². The van der Waals surface area contributed by atoms with Gasteiger partial charge in [-0.15, -0.1) is 0 Å². The van der Waals surface area contributed by atoms with Crippen LogP contribution in [0, 0.1) is 0 Å². The van der Waals surface area contributed by atoms with Crippen LogP contribution in [-0.4, -0.2) is 25.4 Å². The lowest BCUT2D eigenvalue weighted by Crippen LogP contribution is -2.23. The molecule has 0 atom stereocenters. The Morgan fingerprint density at radius 1 is 1.62 bits per heavy atom. The average molecular weight is 205 g/mol. The zero-order valence-corrected chi connectivity index (χ0v) is 7.97. The van der Waals surface area contributed by atoms with E-state index in [9.17, 15) is 13.2 Å². The van der Waals surface area contributed by atoms with Crippen molar-refractivity contribution in [2.24, 2.45) is 0 Å². The Balaban J connectivity index is 3.89. The van der Waals surface area contributed by atoms with Gasteiger partial charge < -0.3 is 5.32 Å². The molecule has 1 amide bonds. The molecule has 2 N–H and O–H groups in total. The lowest BCUT2D eigenvalue weighted by molar-refractivity contribution is -0.117. The molecule has 74 valence electrons. The number of hydrogen-bond acceptors (Lipinski definition) is 3. The maximum absolute atomic E-state index is 10.8. The Kier molecular flexibility index (Phi) is 4.36. The van der Waals surface area contributed by atoms with Gasteiger partial charge in [0.2, 0.25) is 5.91 Å². The van der Waals surface area contributed by atoms with Gasteiger partial charge in [0.25, 0.3) is 10.1 Å². The fraction of sp³-hybridized carbons (Fsp3) is 0.286. The van der Waals surface area contributed by atoms with Gasteiger partial charge in [-0.05, 0) is 6.92 Å². The molecule has 0 aromatic carbocycles. The molecule has 0 bridgehead atoms. The third kappa shape index (κ3) is 7.23. The summed E-state index contributed by atoms with van der Waals surface area (Å²) in [6.45, 7) is 4.94. The summed E-state index contributed by atoms with van der Waals surface area (Å²) in [4.78, 5) is 10.8. The summed E-state index contributed by atoms with van der Waals surface area (Å²) >= 11 is 0. The molecule has 6 heteroatoms. The number of amides is 1. The third-order valence-corrected chi connectivity index (χ3v) is 1.57. The summed E-state index contributed by atoms with van der Waals surface area (Å²) in [7, 11) is -4.10. The molecule has 0 saturated heterocycles. The number of nitrogens with one attached hydrogen (secondary N) is 1. The Morgan fingerprint density at radius 3 is 2.54 bits per heavy atom. The van der Waals surface area contributed by atoms with E-state index in [-0.39, 0.29) is 12.5 Å². The van der Waals surface area contributed by atoms with Gasteiger partial charge in [0.15, 0.2) is 0 Å². The van der Waals surface area contributed by atoms with Crippen LogP contribution in [0.25, 0.3) is 0 Å². The Morgan fingerprint density at radius 2 is 2.15 bits per heavy atom. The molecule has 0 unspecified atom stereocenters. The molecule has 5 nitrogen and oxygen atoms in total. The molecule has 0 aliphatic rings. The summed E-state index contributed by atoms with van der Waals surface area (Å²) in [6.07, 6.45) is 1.12. The lowest BCUT2D eigenvalue weighted by atomic mass is 10.3. The first-order chi connectivity index (χ1) is 5.83. The monoisotopic (exact) mass is 205 g/mol. The summed E-state index contributed by atoms with van der Waals surface area (Å²) in [5.74, 6) is -0.361. The highest BCUT2D eigenvalue weighted by atomic mass is 32.2. The van der Waals surface area contributed by atoms with Crippen LogP contribution in [0.2, 0.25) is 0 Å². The van der Waals surface area contributed by atoms with E-state index < -0.39 is 10.1 Å². The predicted octanol–water partition coefficient (Wildman–Crippen LogP) is 0.0802. The van der Waals surface area contributed by atoms with E-state index in [1.54, 1.807) is 0 Å². The first-order valence-corrected chi connectivity index (χ1v) is 4.91. The van der Waals surface area contributed by atoms with Gasteiger partial charge in [-0.3, -0.25) is 9.35 Å². The van der Waals surface area contributed by atoms with Crippen molar-refractivity contribution in [3.8, 4) is 0 Å². The minimum absolute atomic E-state index is 0.0332. The third-order valence-electron chi connectivity index (χ3n) is 1.04. The highest BCUT2D eigenvalue weighted by Crippen LogP contribution is 1.86. The van der Waals surface area contributed by atoms with Crippen LogP contribution in [0.1, 0.15) is 6.92 Å². The minimum atomic E-state index is -4.10. The normalized spacial score (nSPS) is 11.5. The molecule has 0 heterocycles. The molecule has 0 saturated carbocycles. The van der Waals surface area contributed by atoms with Crippen LogP contribution in [0.15, 0.2) is 23.6 Å².